The fourth-order valence-corrected chi connectivity index (χ4v) is 3.80. The van der Waals surface area contributed by atoms with Crippen molar-refractivity contribution >= 4 is 23.8 Å². The lowest BCUT2D eigenvalue weighted by Gasteiger charge is -2.35. The second-order valence-electron chi connectivity index (χ2n) is 10.4. The van der Waals surface area contributed by atoms with Crippen molar-refractivity contribution in [2.75, 3.05) is 6.54 Å². The first kappa shape index (κ1) is 30.9. The van der Waals surface area contributed by atoms with Crippen molar-refractivity contribution in [1.82, 2.24) is 15.5 Å². The minimum Gasteiger partial charge on any atom is -0.444 e. The lowest BCUT2D eigenvalue weighted by atomic mass is 9.99. The predicted octanol–water partition coefficient (Wildman–Crippen LogP) is 3.74. The van der Waals surface area contributed by atoms with Crippen molar-refractivity contribution in [1.29, 1.82) is 0 Å². The molecule has 0 aliphatic carbocycles. The molecule has 1 aromatic rings. The molecule has 0 heterocycles. The Hall–Kier alpha value is -3.10. The van der Waals surface area contributed by atoms with Gasteiger partial charge in [-0.3, -0.25) is 14.4 Å². The number of alkyl carbamates (subject to hydrolysis) is 1. The molecule has 0 saturated heterocycles. The standard InChI is InChI=1S/C27H44N4O5/c1-8-9-10-11-15-31(23(24(33)29-18(2)3)20-14-12-13-19(4)16-20)25(34)21(17-22(28)32)30-26(35)36-27(5,6)7/h12-14,16,18,21,23H,8-11,15,17H2,1-7H3,(H2,28,32)(H,29,33)(H,30,35). The van der Waals surface area contributed by atoms with Crippen molar-refractivity contribution in [3.05, 3.63) is 35.4 Å². The summed E-state index contributed by atoms with van der Waals surface area (Å²) in [7, 11) is 0. The fraction of sp³-hybridized carbons (Fsp3) is 0.630. The van der Waals surface area contributed by atoms with Crippen LogP contribution >= 0.6 is 0 Å². The summed E-state index contributed by atoms with van der Waals surface area (Å²) >= 11 is 0. The summed E-state index contributed by atoms with van der Waals surface area (Å²) in [6, 6.07) is 5.03. The quantitative estimate of drug-likeness (QED) is 0.352. The Morgan fingerprint density at radius 1 is 1.06 bits per heavy atom. The van der Waals surface area contributed by atoms with Crippen LogP contribution in [0.4, 0.5) is 4.79 Å². The summed E-state index contributed by atoms with van der Waals surface area (Å²) < 4.78 is 5.30. The van der Waals surface area contributed by atoms with Gasteiger partial charge in [0.15, 0.2) is 0 Å². The molecular formula is C27H44N4O5. The maximum absolute atomic E-state index is 13.9. The molecular weight excluding hydrogens is 460 g/mol. The highest BCUT2D eigenvalue weighted by molar-refractivity contribution is 5.94. The highest BCUT2D eigenvalue weighted by atomic mass is 16.6. The van der Waals surface area contributed by atoms with E-state index in [1.807, 2.05) is 39.0 Å². The van der Waals surface area contributed by atoms with Gasteiger partial charge in [-0.1, -0.05) is 56.0 Å². The molecule has 4 amide bonds. The molecule has 9 heteroatoms. The Morgan fingerprint density at radius 2 is 1.72 bits per heavy atom. The Balaban J connectivity index is 3.47. The molecule has 202 valence electrons. The Kier molecular flexibility index (Phi) is 12.4. The van der Waals surface area contributed by atoms with Gasteiger partial charge >= 0.3 is 6.09 Å². The first-order chi connectivity index (χ1) is 16.7. The molecule has 2 unspecified atom stereocenters. The topological polar surface area (TPSA) is 131 Å². The molecule has 0 saturated carbocycles. The third kappa shape index (κ3) is 11.1. The summed E-state index contributed by atoms with van der Waals surface area (Å²) in [6.45, 7) is 13.0. The number of hydrogen-bond donors (Lipinski definition) is 3. The van der Waals surface area contributed by atoms with Crippen LogP contribution in [-0.2, 0) is 19.1 Å². The van der Waals surface area contributed by atoms with Crippen LogP contribution in [-0.4, -0.2) is 52.9 Å². The minimum absolute atomic E-state index is 0.150. The van der Waals surface area contributed by atoms with Crippen LogP contribution in [0.15, 0.2) is 24.3 Å². The third-order valence-electron chi connectivity index (χ3n) is 5.28. The van der Waals surface area contributed by atoms with Crippen molar-refractivity contribution < 1.29 is 23.9 Å². The normalized spacial score (nSPS) is 13.0. The zero-order valence-electron chi connectivity index (χ0n) is 22.8. The summed E-state index contributed by atoms with van der Waals surface area (Å²) in [5.41, 5.74) is 6.21. The Labute approximate surface area is 215 Å². The second-order valence-corrected chi connectivity index (χ2v) is 10.4. The van der Waals surface area contributed by atoms with Gasteiger partial charge in [-0.15, -0.1) is 0 Å². The maximum atomic E-state index is 13.9. The van der Waals surface area contributed by atoms with Crippen LogP contribution < -0.4 is 16.4 Å². The molecule has 0 bridgehead atoms. The molecule has 4 N–H and O–H groups in total. The van der Waals surface area contributed by atoms with Gasteiger partial charge in [0, 0.05) is 12.6 Å². The van der Waals surface area contributed by atoms with E-state index in [9.17, 15) is 19.2 Å². The molecule has 0 radical (unpaired) electrons. The largest absolute Gasteiger partial charge is 0.444 e. The molecule has 0 spiro atoms. The van der Waals surface area contributed by atoms with Crippen molar-refractivity contribution in [2.45, 2.75) is 104 Å². The summed E-state index contributed by atoms with van der Waals surface area (Å²) in [6.07, 6.45) is 2.26. The SMILES string of the molecule is CCCCCCN(C(=O)C(CC(N)=O)NC(=O)OC(C)(C)C)C(C(=O)NC(C)C)c1cccc(C)c1. The molecule has 0 aromatic heterocycles. The van der Waals surface area contributed by atoms with E-state index in [2.05, 4.69) is 17.6 Å². The molecule has 2 atom stereocenters. The number of primary amides is 1. The molecule has 1 aromatic carbocycles. The number of carbonyl (C=O) groups is 4. The van der Waals surface area contributed by atoms with Crippen LogP contribution in [0.5, 0.6) is 0 Å². The van der Waals surface area contributed by atoms with E-state index in [1.54, 1.807) is 26.8 Å². The number of carbonyl (C=O) groups excluding carboxylic acids is 4. The fourth-order valence-electron chi connectivity index (χ4n) is 3.80. The number of ether oxygens (including phenoxy) is 1. The van der Waals surface area contributed by atoms with Crippen LogP contribution in [0.3, 0.4) is 0 Å². The van der Waals surface area contributed by atoms with Gasteiger partial charge in [0.2, 0.25) is 17.7 Å². The number of rotatable bonds is 13. The summed E-state index contributed by atoms with van der Waals surface area (Å²) in [5, 5.41) is 5.41. The number of aryl methyl sites for hydroxylation is 1. The maximum Gasteiger partial charge on any atom is 0.408 e. The van der Waals surface area contributed by atoms with Gasteiger partial charge in [0.1, 0.15) is 17.7 Å². The van der Waals surface area contributed by atoms with Gasteiger partial charge in [-0.25, -0.2) is 4.79 Å². The molecule has 1 rings (SSSR count). The lowest BCUT2D eigenvalue weighted by Crippen LogP contribution is -2.54. The Bertz CT molecular complexity index is 894. The van der Waals surface area contributed by atoms with E-state index in [0.29, 0.717) is 12.0 Å². The lowest BCUT2D eigenvalue weighted by molar-refractivity contribution is -0.143. The number of nitrogens with zero attached hydrogens (tertiary/aromatic N) is 1. The number of hydrogen-bond acceptors (Lipinski definition) is 5. The highest BCUT2D eigenvalue weighted by Gasteiger charge is 2.37. The zero-order valence-corrected chi connectivity index (χ0v) is 22.8. The predicted molar refractivity (Wildman–Crippen MR) is 140 cm³/mol. The average molecular weight is 505 g/mol. The monoisotopic (exact) mass is 504 g/mol. The third-order valence-corrected chi connectivity index (χ3v) is 5.28. The number of nitrogens with one attached hydrogen (secondary N) is 2. The van der Waals surface area contributed by atoms with E-state index in [4.69, 9.17) is 10.5 Å². The van der Waals surface area contributed by atoms with Crippen molar-refractivity contribution in [3.8, 4) is 0 Å². The molecule has 36 heavy (non-hydrogen) atoms. The van der Waals surface area contributed by atoms with Crippen LogP contribution in [0.1, 0.15) is 90.8 Å². The molecule has 0 aliphatic heterocycles. The van der Waals surface area contributed by atoms with E-state index >= 15 is 0 Å². The molecule has 0 aliphatic rings. The van der Waals surface area contributed by atoms with Gasteiger partial charge in [-0.2, -0.15) is 0 Å². The van der Waals surface area contributed by atoms with E-state index < -0.39 is 42.0 Å². The summed E-state index contributed by atoms with van der Waals surface area (Å²) in [4.78, 5) is 53.2. The molecule has 0 fully saturated rings. The van der Waals surface area contributed by atoms with Gasteiger partial charge < -0.3 is 26.0 Å². The highest BCUT2D eigenvalue weighted by Crippen LogP contribution is 2.25. The van der Waals surface area contributed by atoms with Gasteiger partial charge in [0.05, 0.1) is 6.42 Å². The number of amides is 4. The minimum atomic E-state index is -1.28. The van der Waals surface area contributed by atoms with Gasteiger partial charge in [0.25, 0.3) is 0 Å². The average Bonchev–Trinajstić information content (AvgIpc) is 2.72. The first-order valence-corrected chi connectivity index (χ1v) is 12.7. The van der Waals surface area contributed by atoms with E-state index in [1.165, 1.54) is 4.90 Å². The number of benzene rings is 1. The van der Waals surface area contributed by atoms with Crippen LogP contribution in [0.25, 0.3) is 0 Å². The number of nitrogens with two attached hydrogens (primary N) is 1. The van der Waals surface area contributed by atoms with E-state index in [-0.39, 0.29) is 18.5 Å². The summed E-state index contributed by atoms with van der Waals surface area (Å²) in [5.74, 6) is -1.66. The second kappa shape index (κ2) is 14.5. The zero-order chi connectivity index (χ0) is 27.5. The first-order valence-electron chi connectivity index (χ1n) is 12.7. The van der Waals surface area contributed by atoms with Crippen molar-refractivity contribution in [3.63, 3.8) is 0 Å². The smallest absolute Gasteiger partial charge is 0.408 e. The Morgan fingerprint density at radius 3 is 2.25 bits per heavy atom. The van der Waals surface area contributed by atoms with Crippen molar-refractivity contribution in [2.24, 2.45) is 5.73 Å². The van der Waals surface area contributed by atoms with Gasteiger partial charge in [-0.05, 0) is 53.5 Å². The van der Waals surface area contributed by atoms with Crippen LogP contribution in [0, 0.1) is 6.92 Å². The van der Waals surface area contributed by atoms with E-state index in [0.717, 1.165) is 24.8 Å². The van der Waals surface area contributed by atoms with Crippen LogP contribution in [0.2, 0.25) is 0 Å². The molecule has 9 nitrogen and oxygen atoms in total. The number of unbranched alkanes of at least 4 members (excludes halogenated alkanes) is 3.